The van der Waals surface area contributed by atoms with Crippen LogP contribution in [0, 0.1) is 0 Å². The van der Waals surface area contributed by atoms with Gasteiger partial charge in [0.15, 0.2) is 0 Å². The quantitative estimate of drug-likeness (QED) is 0.620. The summed E-state index contributed by atoms with van der Waals surface area (Å²) in [7, 11) is 0. The van der Waals surface area contributed by atoms with E-state index in [0.29, 0.717) is 28.2 Å². The third kappa shape index (κ3) is 5.47. The fourth-order valence-electron chi connectivity index (χ4n) is 4.39. The number of likely N-dealkylation sites (tertiary alicyclic amines) is 1. The van der Waals surface area contributed by atoms with Crippen LogP contribution in [0.1, 0.15) is 61.0 Å². The Labute approximate surface area is 206 Å². The molecule has 0 bridgehead atoms. The molecule has 10 heteroatoms. The van der Waals surface area contributed by atoms with Crippen LogP contribution in [0.5, 0.6) is 11.5 Å². The molecule has 1 unspecified atom stereocenters. The summed E-state index contributed by atoms with van der Waals surface area (Å²) in [6.07, 6.45) is -4.54. The number of piperidine rings is 1. The van der Waals surface area contributed by atoms with E-state index in [4.69, 9.17) is 9.47 Å². The summed E-state index contributed by atoms with van der Waals surface area (Å²) in [5.41, 5.74) is 0.735. The van der Waals surface area contributed by atoms with E-state index in [1.54, 1.807) is 63.2 Å². The number of halogens is 3. The highest BCUT2D eigenvalue weighted by atomic mass is 19.4. The monoisotopic (exact) mass is 504 g/mol. The number of para-hydroxylation sites is 1. The topological polar surface area (TPSA) is 84.9 Å². The summed E-state index contributed by atoms with van der Waals surface area (Å²) < 4.78 is 49.2. The van der Waals surface area contributed by atoms with Crippen LogP contribution in [0.2, 0.25) is 0 Å². The van der Waals surface area contributed by atoms with Gasteiger partial charge in [0.1, 0.15) is 23.0 Å². The van der Waals surface area contributed by atoms with E-state index in [1.165, 1.54) is 4.90 Å². The van der Waals surface area contributed by atoms with Crippen LogP contribution in [0.25, 0.3) is 0 Å². The highest BCUT2D eigenvalue weighted by molar-refractivity contribution is 5.96. The first-order valence-corrected chi connectivity index (χ1v) is 11.6. The summed E-state index contributed by atoms with van der Waals surface area (Å²) in [4.78, 5) is 39.2. The average Bonchev–Trinajstić information content (AvgIpc) is 2.80. The minimum atomic E-state index is -4.94. The number of rotatable bonds is 3. The van der Waals surface area contributed by atoms with Crippen molar-refractivity contribution in [1.82, 2.24) is 10.2 Å². The number of benzene rings is 2. The van der Waals surface area contributed by atoms with Crippen molar-refractivity contribution in [2.24, 2.45) is 0 Å². The van der Waals surface area contributed by atoms with E-state index in [-0.39, 0.29) is 31.8 Å². The number of nitrogens with zero attached hydrogens (tertiary/aromatic N) is 1. The van der Waals surface area contributed by atoms with Gasteiger partial charge in [0.2, 0.25) is 0 Å². The Kier molecular flexibility index (Phi) is 6.72. The largest absolute Gasteiger partial charge is 0.471 e. The number of fused-ring (bicyclic) bond motifs is 2. The molecule has 1 atom stereocenters. The summed E-state index contributed by atoms with van der Waals surface area (Å²) in [5.74, 6) is -2.58. The number of nitrogens with one attached hydrogen (secondary N) is 1. The lowest BCUT2D eigenvalue weighted by Crippen LogP contribution is -2.49. The van der Waals surface area contributed by atoms with Gasteiger partial charge in [-0.2, -0.15) is 13.2 Å². The van der Waals surface area contributed by atoms with Gasteiger partial charge in [0.25, 0.3) is 5.91 Å². The van der Waals surface area contributed by atoms with Gasteiger partial charge in [0.05, 0.1) is 0 Å². The van der Waals surface area contributed by atoms with Gasteiger partial charge in [-0.3, -0.25) is 14.4 Å². The zero-order chi connectivity index (χ0) is 26.3. The van der Waals surface area contributed by atoms with E-state index in [1.807, 2.05) is 5.32 Å². The van der Waals surface area contributed by atoms with Gasteiger partial charge in [-0.05, 0) is 57.9 Å². The highest BCUT2D eigenvalue weighted by Gasteiger charge is 2.40. The van der Waals surface area contributed by atoms with Crippen LogP contribution >= 0.6 is 0 Å². The second-order valence-electron chi connectivity index (χ2n) is 9.90. The molecule has 1 saturated heterocycles. The van der Waals surface area contributed by atoms with Crippen molar-refractivity contribution in [3.05, 3.63) is 59.2 Å². The SMILES string of the molecule is CC(C)(C)OC(=O)C1c2ccccc2Oc2ccc(C(=O)N3CCC(NC(=O)C(F)(F)F)CC3)cc21. The molecule has 1 N–H and O–H groups in total. The molecule has 0 aromatic heterocycles. The minimum absolute atomic E-state index is 0.188. The number of hydrogen-bond donors (Lipinski definition) is 1. The van der Waals surface area contributed by atoms with Crippen LogP contribution in [0.15, 0.2) is 42.5 Å². The van der Waals surface area contributed by atoms with Crippen molar-refractivity contribution in [2.45, 2.75) is 57.3 Å². The van der Waals surface area contributed by atoms with Gasteiger partial charge >= 0.3 is 18.1 Å². The molecule has 7 nitrogen and oxygen atoms in total. The van der Waals surface area contributed by atoms with Gasteiger partial charge in [-0.1, -0.05) is 18.2 Å². The second-order valence-corrected chi connectivity index (χ2v) is 9.90. The van der Waals surface area contributed by atoms with Crippen LogP contribution < -0.4 is 10.1 Å². The van der Waals surface area contributed by atoms with Gasteiger partial charge in [-0.25, -0.2) is 0 Å². The molecule has 2 amide bonds. The molecule has 0 spiro atoms. The Bertz CT molecular complexity index is 1180. The number of esters is 1. The number of amides is 2. The zero-order valence-electron chi connectivity index (χ0n) is 20.1. The normalized spacial score (nSPS) is 17.9. The maximum Gasteiger partial charge on any atom is 0.471 e. The van der Waals surface area contributed by atoms with Crippen molar-refractivity contribution in [1.29, 1.82) is 0 Å². The Morgan fingerprint density at radius 1 is 0.972 bits per heavy atom. The highest BCUT2D eigenvalue weighted by Crippen LogP contribution is 2.45. The van der Waals surface area contributed by atoms with E-state index >= 15 is 0 Å². The second kappa shape index (κ2) is 9.48. The maximum absolute atomic E-state index is 13.2. The van der Waals surface area contributed by atoms with E-state index in [9.17, 15) is 27.6 Å². The predicted octanol–water partition coefficient (Wildman–Crippen LogP) is 4.55. The summed E-state index contributed by atoms with van der Waals surface area (Å²) in [6, 6.07) is 11.3. The summed E-state index contributed by atoms with van der Waals surface area (Å²) >= 11 is 0. The Morgan fingerprint density at radius 3 is 2.25 bits per heavy atom. The molecule has 2 aliphatic rings. The molecule has 2 aliphatic heterocycles. The van der Waals surface area contributed by atoms with Gasteiger partial charge in [0, 0.05) is 35.8 Å². The number of carbonyl (C=O) groups excluding carboxylic acids is 3. The molecule has 2 aromatic rings. The maximum atomic E-state index is 13.2. The Hall–Kier alpha value is -3.56. The molecule has 0 radical (unpaired) electrons. The molecule has 0 saturated carbocycles. The van der Waals surface area contributed by atoms with Crippen LogP contribution in [0.4, 0.5) is 13.2 Å². The van der Waals surface area contributed by atoms with Gasteiger partial charge < -0.3 is 19.7 Å². The predicted molar refractivity (Wildman–Crippen MR) is 124 cm³/mol. The minimum Gasteiger partial charge on any atom is -0.459 e. The lowest BCUT2D eigenvalue weighted by atomic mass is 9.86. The third-order valence-electron chi connectivity index (χ3n) is 6.04. The lowest BCUT2D eigenvalue weighted by Gasteiger charge is -2.33. The molecular weight excluding hydrogens is 477 g/mol. The van der Waals surface area contributed by atoms with Crippen molar-refractivity contribution in [2.75, 3.05) is 13.1 Å². The third-order valence-corrected chi connectivity index (χ3v) is 6.04. The van der Waals surface area contributed by atoms with Crippen molar-refractivity contribution < 1.29 is 37.0 Å². The van der Waals surface area contributed by atoms with Crippen LogP contribution in [0.3, 0.4) is 0 Å². The Morgan fingerprint density at radius 2 is 1.61 bits per heavy atom. The molecular formula is C26H27F3N2O5. The average molecular weight is 505 g/mol. The first-order valence-electron chi connectivity index (χ1n) is 11.6. The van der Waals surface area contributed by atoms with Crippen molar-refractivity contribution >= 4 is 17.8 Å². The molecule has 2 aromatic carbocycles. The van der Waals surface area contributed by atoms with Crippen LogP contribution in [-0.2, 0) is 14.3 Å². The van der Waals surface area contributed by atoms with Crippen LogP contribution in [-0.4, -0.2) is 53.6 Å². The first-order chi connectivity index (χ1) is 16.8. The van der Waals surface area contributed by atoms with E-state index in [0.717, 1.165) is 0 Å². The number of carbonyl (C=O) groups is 3. The van der Waals surface area contributed by atoms with Crippen molar-refractivity contribution in [3.8, 4) is 11.5 Å². The number of ether oxygens (including phenoxy) is 2. The smallest absolute Gasteiger partial charge is 0.459 e. The number of hydrogen-bond acceptors (Lipinski definition) is 5. The van der Waals surface area contributed by atoms with E-state index in [2.05, 4.69) is 0 Å². The fourth-order valence-corrected chi connectivity index (χ4v) is 4.39. The fraction of sp³-hybridized carbons (Fsp3) is 0.423. The summed E-state index contributed by atoms with van der Waals surface area (Å²) in [5, 5.41) is 1.98. The number of alkyl halides is 3. The standard InChI is InChI=1S/C26H27F3N2O5/c1-25(2,3)36-23(33)21-17-6-4-5-7-19(17)35-20-9-8-15(14-18(20)21)22(32)31-12-10-16(11-13-31)30-24(34)26(27,28)29/h4-9,14,16,21H,10-13H2,1-3H3,(H,30,34). The molecule has 4 rings (SSSR count). The van der Waals surface area contributed by atoms with E-state index < -0.39 is 35.6 Å². The lowest BCUT2D eigenvalue weighted by molar-refractivity contribution is -0.174. The molecule has 2 heterocycles. The molecule has 1 fully saturated rings. The molecule has 0 aliphatic carbocycles. The molecule has 36 heavy (non-hydrogen) atoms. The van der Waals surface area contributed by atoms with Crippen molar-refractivity contribution in [3.63, 3.8) is 0 Å². The first kappa shape index (κ1) is 25.5. The zero-order valence-corrected chi connectivity index (χ0v) is 20.1. The van der Waals surface area contributed by atoms with Gasteiger partial charge in [-0.15, -0.1) is 0 Å². The summed E-state index contributed by atoms with van der Waals surface area (Å²) in [6.45, 7) is 5.70. The Balaban J connectivity index is 1.54. The molecule has 192 valence electrons.